The van der Waals surface area contributed by atoms with Gasteiger partial charge in [0.15, 0.2) is 0 Å². The fourth-order valence-corrected chi connectivity index (χ4v) is 8.26. The molecule has 0 N–H and O–H groups in total. The predicted octanol–water partition coefficient (Wildman–Crippen LogP) is 2.84. The van der Waals surface area contributed by atoms with Crippen molar-refractivity contribution >= 4 is 34.1 Å². The minimum absolute atomic E-state index is 0.500. The first-order chi connectivity index (χ1) is 13.5. The summed E-state index contributed by atoms with van der Waals surface area (Å²) in [5.74, 6) is 0. The fraction of sp³-hybridized carbons (Fsp3) is 0.600. The molecule has 8 heteroatoms. The van der Waals surface area contributed by atoms with Crippen molar-refractivity contribution in [3.05, 3.63) is 30.3 Å². The first-order valence-electron chi connectivity index (χ1n) is 10.1. The van der Waals surface area contributed by atoms with Gasteiger partial charge >= 0.3 is 17.6 Å². The maximum Gasteiger partial charge on any atom is 0.537 e. The molecule has 0 spiro atoms. The predicted molar refractivity (Wildman–Crippen MR) is 117 cm³/mol. The van der Waals surface area contributed by atoms with Crippen molar-refractivity contribution in [2.45, 2.75) is 41.5 Å². The summed E-state index contributed by atoms with van der Waals surface area (Å²) < 4.78 is 36.3. The van der Waals surface area contributed by atoms with E-state index >= 15 is 0 Å². The molecule has 0 radical (unpaired) electrons. The first kappa shape index (κ1) is 25.2. The van der Waals surface area contributed by atoms with Gasteiger partial charge in [-0.15, -0.1) is 0 Å². The molecule has 0 aliphatic rings. The lowest BCUT2D eigenvalue weighted by Gasteiger charge is -2.32. The molecule has 0 unspecified atom stereocenters. The lowest BCUT2D eigenvalue weighted by atomic mass is 10.2. The van der Waals surface area contributed by atoms with Gasteiger partial charge < -0.3 is 26.6 Å². The van der Waals surface area contributed by atoms with Gasteiger partial charge in [0.25, 0.3) is 0 Å². The molecule has 0 bridgehead atoms. The second-order valence-corrected chi connectivity index (χ2v) is 10.8. The van der Waals surface area contributed by atoms with Crippen LogP contribution < -0.4 is 10.4 Å². The van der Waals surface area contributed by atoms with E-state index in [9.17, 15) is 0 Å². The van der Waals surface area contributed by atoms with Gasteiger partial charge in [-0.3, -0.25) is 0 Å². The molecule has 0 atom stereocenters. The average Bonchev–Trinajstić information content (AvgIpc) is 2.68. The van der Waals surface area contributed by atoms with E-state index in [0.29, 0.717) is 39.6 Å². The molecule has 1 aromatic rings. The largest absolute Gasteiger partial charge is 0.537 e. The van der Waals surface area contributed by atoms with E-state index in [4.69, 9.17) is 26.6 Å². The highest BCUT2D eigenvalue weighted by Crippen LogP contribution is 2.17. The molecule has 0 saturated heterocycles. The normalized spacial score (nSPS) is 12.4. The number of hydrogen-bond acceptors (Lipinski definition) is 6. The van der Waals surface area contributed by atoms with Crippen LogP contribution >= 0.6 is 0 Å². The molecule has 0 amide bonds. The highest BCUT2D eigenvalue weighted by Gasteiger charge is 2.47. The quantitative estimate of drug-likeness (QED) is 0.401. The topological polar surface area (TPSA) is 55.4 Å². The summed E-state index contributed by atoms with van der Waals surface area (Å²) >= 11 is 0. The zero-order valence-corrected chi connectivity index (χ0v) is 20.2. The number of benzene rings is 1. The lowest BCUT2D eigenvalue weighted by molar-refractivity contribution is 0.0844. The van der Waals surface area contributed by atoms with Crippen LogP contribution in [-0.4, -0.2) is 57.3 Å². The summed E-state index contributed by atoms with van der Waals surface area (Å²) in [5, 5.41) is 1.79. The van der Waals surface area contributed by atoms with Gasteiger partial charge in [-0.1, -0.05) is 24.8 Å². The summed E-state index contributed by atoms with van der Waals surface area (Å²) in [4.78, 5) is 0. The Balaban J connectivity index is 3.56. The van der Waals surface area contributed by atoms with Crippen molar-refractivity contribution < 1.29 is 26.6 Å². The van der Waals surface area contributed by atoms with Gasteiger partial charge in [-0.25, -0.2) is 0 Å². The Morgan fingerprint density at radius 1 is 0.679 bits per heavy atom. The van der Waals surface area contributed by atoms with Crippen LogP contribution in [0.15, 0.2) is 24.8 Å². The van der Waals surface area contributed by atoms with Crippen molar-refractivity contribution in [2.24, 2.45) is 0 Å². The summed E-state index contributed by atoms with van der Waals surface area (Å²) in [6, 6.07) is 5.97. The van der Waals surface area contributed by atoms with E-state index in [-0.39, 0.29) is 0 Å². The van der Waals surface area contributed by atoms with Gasteiger partial charge in [0.2, 0.25) is 0 Å². The van der Waals surface area contributed by atoms with Crippen molar-refractivity contribution in [1.82, 2.24) is 0 Å². The zero-order valence-electron chi connectivity index (χ0n) is 18.2. The summed E-state index contributed by atoms with van der Waals surface area (Å²) in [5.41, 5.74) is 0.885. The van der Waals surface area contributed by atoms with Gasteiger partial charge in [-0.2, -0.15) is 0 Å². The van der Waals surface area contributed by atoms with Crippen molar-refractivity contribution in [1.29, 1.82) is 0 Å². The number of rotatable bonds is 15. The minimum Gasteiger partial charge on any atom is -0.370 e. The molecule has 160 valence electrons. The highest BCUT2D eigenvalue weighted by molar-refractivity contribution is 6.77. The van der Waals surface area contributed by atoms with Crippen LogP contribution in [0.1, 0.15) is 47.1 Å². The maximum atomic E-state index is 6.07. The molecule has 1 aromatic carbocycles. The molecule has 28 heavy (non-hydrogen) atoms. The average molecular weight is 429 g/mol. The Morgan fingerprint density at radius 3 is 1.43 bits per heavy atom. The Labute approximate surface area is 172 Å². The van der Waals surface area contributed by atoms with Crippen LogP contribution in [0.4, 0.5) is 0 Å². The third-order valence-corrected chi connectivity index (χ3v) is 10.1. The van der Waals surface area contributed by atoms with E-state index in [1.165, 1.54) is 0 Å². The molecule has 6 nitrogen and oxygen atoms in total. The molecule has 0 aliphatic carbocycles. The Morgan fingerprint density at radius 2 is 1.07 bits per heavy atom. The monoisotopic (exact) mass is 428 g/mol. The third kappa shape index (κ3) is 5.83. The van der Waals surface area contributed by atoms with Crippen molar-refractivity contribution in [2.75, 3.05) is 39.6 Å². The van der Waals surface area contributed by atoms with Crippen LogP contribution in [-0.2, 0) is 26.6 Å². The SMILES string of the molecule is C=Cc1cc([Si](OCC)(OCC)OCC)ccc1[Si](OCC)(OCC)OCC. The molecule has 0 aliphatic heterocycles. The molecular weight excluding hydrogens is 392 g/mol. The Kier molecular flexibility index (Phi) is 11.4. The minimum atomic E-state index is -3.05. The smallest absolute Gasteiger partial charge is 0.370 e. The lowest BCUT2D eigenvalue weighted by Crippen LogP contribution is -2.60. The molecular formula is C20H36O6Si2. The van der Waals surface area contributed by atoms with Crippen LogP contribution in [0.25, 0.3) is 6.08 Å². The molecule has 0 aromatic heterocycles. The number of hydrogen-bond donors (Lipinski definition) is 0. The van der Waals surface area contributed by atoms with Gasteiger partial charge in [0.05, 0.1) is 0 Å². The van der Waals surface area contributed by atoms with E-state index in [1.807, 2.05) is 59.7 Å². The third-order valence-electron chi connectivity index (χ3n) is 3.96. The maximum absolute atomic E-state index is 6.07. The van der Waals surface area contributed by atoms with E-state index in [1.54, 1.807) is 6.08 Å². The van der Waals surface area contributed by atoms with E-state index < -0.39 is 17.6 Å². The molecule has 0 heterocycles. The zero-order chi connectivity index (χ0) is 21.0. The van der Waals surface area contributed by atoms with Crippen LogP contribution in [0.5, 0.6) is 0 Å². The molecule has 0 fully saturated rings. The van der Waals surface area contributed by atoms with Gasteiger partial charge in [-0.05, 0) is 53.2 Å². The Hall–Kier alpha value is -0.846. The highest BCUT2D eigenvalue weighted by atomic mass is 28.4. The van der Waals surface area contributed by atoms with Gasteiger partial charge in [0, 0.05) is 50.0 Å². The standard InChI is InChI=1S/C20H36O6Si2/c1-8-18-17-19(27(21-9-2,22-10-3)23-11-4)15-16-20(18)28(24-12-5,25-13-6)26-14-7/h8,15-17H,1,9-14H2,2-7H3. The van der Waals surface area contributed by atoms with Crippen LogP contribution in [0.3, 0.4) is 0 Å². The van der Waals surface area contributed by atoms with E-state index in [2.05, 4.69) is 6.58 Å². The van der Waals surface area contributed by atoms with Gasteiger partial charge in [0.1, 0.15) is 0 Å². The summed E-state index contributed by atoms with van der Waals surface area (Å²) in [6.07, 6.45) is 1.79. The van der Waals surface area contributed by atoms with Crippen LogP contribution in [0, 0.1) is 0 Å². The summed E-state index contributed by atoms with van der Waals surface area (Å²) in [7, 11) is -6.06. The second kappa shape index (κ2) is 12.7. The van der Waals surface area contributed by atoms with Crippen LogP contribution in [0.2, 0.25) is 0 Å². The second-order valence-electron chi connectivity index (χ2n) is 5.72. The van der Waals surface area contributed by atoms with Crippen molar-refractivity contribution in [3.8, 4) is 0 Å². The Bertz CT molecular complexity index is 562. The van der Waals surface area contributed by atoms with E-state index in [0.717, 1.165) is 15.9 Å². The van der Waals surface area contributed by atoms with Crippen molar-refractivity contribution in [3.63, 3.8) is 0 Å². The first-order valence-corrected chi connectivity index (χ1v) is 13.6. The fourth-order valence-electron chi connectivity index (χ4n) is 3.07. The molecule has 0 saturated carbocycles. The molecule has 1 rings (SSSR count). The summed E-state index contributed by atoms with van der Waals surface area (Å²) in [6.45, 7) is 18.7.